The molecule has 0 radical (unpaired) electrons. The van der Waals surface area contributed by atoms with Crippen molar-refractivity contribution in [2.75, 3.05) is 24.2 Å². The lowest BCUT2D eigenvalue weighted by molar-refractivity contribution is 0.0884. The van der Waals surface area contributed by atoms with Crippen molar-refractivity contribution in [3.8, 4) is 0 Å². The van der Waals surface area contributed by atoms with Crippen LogP contribution in [-0.4, -0.2) is 29.3 Å². The van der Waals surface area contributed by atoms with Crippen LogP contribution in [0.5, 0.6) is 0 Å². The SMILES string of the molecule is Cc1cc(N)cnc1N(C)CC(C)(C)O. The summed E-state index contributed by atoms with van der Waals surface area (Å²) in [7, 11) is 1.91. The number of nitrogens with two attached hydrogens (primary N) is 1. The highest BCUT2D eigenvalue weighted by atomic mass is 16.3. The first-order chi connectivity index (χ1) is 6.79. The molecular weight excluding hydrogens is 190 g/mol. The monoisotopic (exact) mass is 209 g/mol. The lowest BCUT2D eigenvalue weighted by Crippen LogP contribution is -2.36. The lowest BCUT2D eigenvalue weighted by Gasteiger charge is -2.27. The largest absolute Gasteiger partial charge is 0.397 e. The summed E-state index contributed by atoms with van der Waals surface area (Å²) in [5, 5.41) is 9.70. The molecule has 0 aliphatic rings. The first kappa shape index (κ1) is 11.8. The molecule has 0 bridgehead atoms. The maximum Gasteiger partial charge on any atom is 0.131 e. The Kier molecular flexibility index (Phi) is 3.19. The number of hydrogen-bond donors (Lipinski definition) is 2. The van der Waals surface area contributed by atoms with Crippen molar-refractivity contribution in [3.05, 3.63) is 17.8 Å². The lowest BCUT2D eigenvalue weighted by atomic mass is 10.1. The van der Waals surface area contributed by atoms with E-state index in [2.05, 4.69) is 4.98 Å². The van der Waals surface area contributed by atoms with Gasteiger partial charge in [-0.05, 0) is 32.4 Å². The first-order valence-corrected chi connectivity index (χ1v) is 4.95. The Balaban J connectivity index is 2.87. The van der Waals surface area contributed by atoms with E-state index in [1.54, 1.807) is 20.0 Å². The van der Waals surface area contributed by atoms with E-state index in [-0.39, 0.29) is 0 Å². The van der Waals surface area contributed by atoms with Gasteiger partial charge in [-0.15, -0.1) is 0 Å². The van der Waals surface area contributed by atoms with E-state index < -0.39 is 5.60 Å². The third-order valence-electron chi connectivity index (χ3n) is 2.06. The third-order valence-corrected chi connectivity index (χ3v) is 2.06. The van der Waals surface area contributed by atoms with Crippen molar-refractivity contribution in [1.82, 2.24) is 4.98 Å². The molecule has 4 nitrogen and oxygen atoms in total. The molecule has 0 spiro atoms. The van der Waals surface area contributed by atoms with Crippen LogP contribution in [-0.2, 0) is 0 Å². The van der Waals surface area contributed by atoms with Gasteiger partial charge in [0.05, 0.1) is 17.5 Å². The predicted molar refractivity (Wildman–Crippen MR) is 63.0 cm³/mol. The molecule has 1 rings (SSSR count). The average molecular weight is 209 g/mol. The van der Waals surface area contributed by atoms with Crippen LogP contribution in [0.15, 0.2) is 12.3 Å². The zero-order valence-corrected chi connectivity index (χ0v) is 9.78. The van der Waals surface area contributed by atoms with E-state index in [1.165, 1.54) is 0 Å². The van der Waals surface area contributed by atoms with Crippen LogP contribution in [0.4, 0.5) is 11.5 Å². The summed E-state index contributed by atoms with van der Waals surface area (Å²) in [5.41, 5.74) is 6.57. The number of hydrogen-bond acceptors (Lipinski definition) is 4. The molecule has 0 aliphatic heterocycles. The molecule has 0 aliphatic carbocycles. The zero-order chi connectivity index (χ0) is 11.6. The fourth-order valence-electron chi connectivity index (χ4n) is 1.64. The average Bonchev–Trinajstić information content (AvgIpc) is 1.99. The number of aryl methyl sites for hydroxylation is 1. The molecule has 84 valence electrons. The number of pyridine rings is 1. The zero-order valence-electron chi connectivity index (χ0n) is 9.78. The van der Waals surface area contributed by atoms with Crippen molar-refractivity contribution in [3.63, 3.8) is 0 Å². The second-order valence-corrected chi connectivity index (χ2v) is 4.58. The number of rotatable bonds is 3. The van der Waals surface area contributed by atoms with Crippen LogP contribution in [0, 0.1) is 6.92 Å². The van der Waals surface area contributed by atoms with Crippen LogP contribution in [0.3, 0.4) is 0 Å². The number of nitrogen functional groups attached to an aromatic ring is 1. The molecule has 0 saturated carbocycles. The van der Waals surface area contributed by atoms with Gasteiger partial charge in [-0.1, -0.05) is 0 Å². The Morgan fingerprint density at radius 2 is 2.13 bits per heavy atom. The van der Waals surface area contributed by atoms with E-state index in [0.717, 1.165) is 11.4 Å². The van der Waals surface area contributed by atoms with Gasteiger partial charge in [0.2, 0.25) is 0 Å². The predicted octanol–water partition coefficient (Wildman–Crippen LogP) is 1.18. The van der Waals surface area contributed by atoms with Gasteiger partial charge in [0.25, 0.3) is 0 Å². The van der Waals surface area contributed by atoms with Crippen molar-refractivity contribution < 1.29 is 5.11 Å². The third kappa shape index (κ3) is 3.40. The van der Waals surface area contributed by atoms with Crippen LogP contribution in [0.1, 0.15) is 19.4 Å². The summed E-state index contributed by atoms with van der Waals surface area (Å²) in [5.74, 6) is 0.853. The number of nitrogens with zero attached hydrogens (tertiary/aromatic N) is 2. The summed E-state index contributed by atoms with van der Waals surface area (Å²) < 4.78 is 0. The van der Waals surface area contributed by atoms with E-state index in [0.29, 0.717) is 12.2 Å². The molecule has 1 heterocycles. The fraction of sp³-hybridized carbons (Fsp3) is 0.545. The van der Waals surface area contributed by atoms with Gasteiger partial charge in [-0.2, -0.15) is 0 Å². The fourth-order valence-corrected chi connectivity index (χ4v) is 1.64. The summed E-state index contributed by atoms with van der Waals surface area (Å²) in [6.45, 7) is 6.04. The normalized spacial score (nSPS) is 11.5. The standard InChI is InChI=1S/C11H19N3O/c1-8-5-9(12)6-13-10(8)14(4)7-11(2,3)15/h5-6,15H,7,12H2,1-4H3. The van der Waals surface area contributed by atoms with E-state index in [4.69, 9.17) is 5.73 Å². The Bertz CT molecular complexity index is 344. The van der Waals surface area contributed by atoms with Gasteiger partial charge in [-0.3, -0.25) is 0 Å². The minimum atomic E-state index is -0.732. The summed E-state index contributed by atoms with van der Waals surface area (Å²) in [6.07, 6.45) is 1.63. The number of aliphatic hydroxyl groups is 1. The highest BCUT2D eigenvalue weighted by Gasteiger charge is 2.17. The van der Waals surface area contributed by atoms with Gasteiger partial charge in [0, 0.05) is 13.6 Å². The van der Waals surface area contributed by atoms with Gasteiger partial charge < -0.3 is 15.7 Å². The molecule has 0 saturated heterocycles. The molecular formula is C11H19N3O. The minimum Gasteiger partial charge on any atom is -0.397 e. The molecule has 0 amide bonds. The maximum atomic E-state index is 9.70. The number of aromatic nitrogens is 1. The Labute approximate surface area is 90.7 Å². The van der Waals surface area contributed by atoms with Crippen molar-refractivity contribution in [1.29, 1.82) is 0 Å². The molecule has 1 aromatic rings. The van der Waals surface area contributed by atoms with E-state index in [9.17, 15) is 5.11 Å². The van der Waals surface area contributed by atoms with Gasteiger partial charge in [0.15, 0.2) is 0 Å². The van der Waals surface area contributed by atoms with Gasteiger partial charge in [-0.25, -0.2) is 4.98 Å². The second kappa shape index (κ2) is 4.06. The summed E-state index contributed by atoms with van der Waals surface area (Å²) in [6, 6.07) is 1.88. The van der Waals surface area contributed by atoms with E-state index in [1.807, 2.05) is 24.9 Å². The van der Waals surface area contributed by atoms with Crippen LogP contribution in [0.25, 0.3) is 0 Å². The quantitative estimate of drug-likeness (QED) is 0.784. The van der Waals surface area contributed by atoms with Crippen LogP contribution >= 0.6 is 0 Å². The van der Waals surface area contributed by atoms with Gasteiger partial charge in [0.1, 0.15) is 5.82 Å². The first-order valence-electron chi connectivity index (χ1n) is 4.95. The van der Waals surface area contributed by atoms with E-state index >= 15 is 0 Å². The Morgan fingerprint density at radius 1 is 1.53 bits per heavy atom. The molecule has 4 heteroatoms. The summed E-state index contributed by atoms with van der Waals surface area (Å²) >= 11 is 0. The molecule has 1 aromatic heterocycles. The maximum absolute atomic E-state index is 9.70. The van der Waals surface area contributed by atoms with Crippen LogP contribution < -0.4 is 10.6 Å². The molecule has 0 atom stereocenters. The number of likely N-dealkylation sites (N-methyl/N-ethyl adjacent to an activating group) is 1. The number of anilines is 2. The van der Waals surface area contributed by atoms with Crippen molar-refractivity contribution in [2.24, 2.45) is 0 Å². The van der Waals surface area contributed by atoms with Crippen molar-refractivity contribution in [2.45, 2.75) is 26.4 Å². The minimum absolute atomic E-state index is 0.532. The Morgan fingerprint density at radius 3 is 2.60 bits per heavy atom. The van der Waals surface area contributed by atoms with Crippen LogP contribution in [0.2, 0.25) is 0 Å². The Hall–Kier alpha value is -1.29. The highest BCUT2D eigenvalue weighted by Crippen LogP contribution is 2.19. The summed E-state index contributed by atoms with van der Waals surface area (Å²) in [4.78, 5) is 6.18. The molecule has 0 aromatic carbocycles. The molecule has 0 fully saturated rings. The van der Waals surface area contributed by atoms with Crippen molar-refractivity contribution >= 4 is 11.5 Å². The smallest absolute Gasteiger partial charge is 0.131 e. The topological polar surface area (TPSA) is 62.4 Å². The molecule has 0 unspecified atom stereocenters. The second-order valence-electron chi connectivity index (χ2n) is 4.58. The highest BCUT2D eigenvalue weighted by molar-refractivity contribution is 5.52. The molecule has 3 N–H and O–H groups in total. The molecule has 15 heavy (non-hydrogen) atoms. The van der Waals surface area contributed by atoms with Gasteiger partial charge >= 0.3 is 0 Å².